The van der Waals surface area contributed by atoms with Crippen molar-refractivity contribution in [1.82, 2.24) is 9.78 Å². The molecule has 0 fully saturated rings. The summed E-state index contributed by atoms with van der Waals surface area (Å²) in [7, 11) is 0. The predicted molar refractivity (Wildman–Crippen MR) is 123 cm³/mol. The average Bonchev–Trinajstić information content (AvgIpc) is 3.08. The largest absolute Gasteiger partial charge is 0.481 e. The van der Waals surface area contributed by atoms with E-state index in [4.69, 9.17) is 5.10 Å². The van der Waals surface area contributed by atoms with E-state index < -0.39 is 17.7 Å². The summed E-state index contributed by atoms with van der Waals surface area (Å²) in [5.74, 6) is -0.567. The first-order chi connectivity index (χ1) is 15.3. The second kappa shape index (κ2) is 9.51. The number of nitrogens with zero attached hydrogens (tertiary/aromatic N) is 2. The molecule has 0 spiro atoms. The van der Waals surface area contributed by atoms with E-state index in [1.807, 2.05) is 4.68 Å². The van der Waals surface area contributed by atoms with Crippen LogP contribution in [-0.2, 0) is 22.8 Å². The number of rotatable bonds is 7. The maximum atomic E-state index is 13.2. The Morgan fingerprint density at radius 3 is 2.30 bits per heavy atom. The fourth-order valence-electron chi connectivity index (χ4n) is 4.89. The van der Waals surface area contributed by atoms with Crippen LogP contribution in [0.1, 0.15) is 107 Å². The Morgan fingerprint density at radius 2 is 1.79 bits per heavy atom. The fourth-order valence-corrected chi connectivity index (χ4v) is 4.89. The van der Waals surface area contributed by atoms with Gasteiger partial charge in [0.15, 0.2) is 0 Å². The normalized spacial score (nSPS) is 17.8. The number of carboxylic acids is 1. The molecule has 33 heavy (non-hydrogen) atoms. The number of alkyl halides is 3. The van der Waals surface area contributed by atoms with Gasteiger partial charge in [0, 0.05) is 17.0 Å². The van der Waals surface area contributed by atoms with Crippen molar-refractivity contribution in [1.29, 1.82) is 0 Å². The van der Waals surface area contributed by atoms with Crippen LogP contribution in [0.2, 0.25) is 0 Å². The molecule has 1 N–H and O–H groups in total. The van der Waals surface area contributed by atoms with E-state index in [9.17, 15) is 23.1 Å². The summed E-state index contributed by atoms with van der Waals surface area (Å²) in [6.45, 7) is 10.5. The van der Waals surface area contributed by atoms with Gasteiger partial charge >= 0.3 is 12.1 Å². The molecule has 1 aliphatic carbocycles. The second-order valence-corrected chi connectivity index (χ2v) is 10.7. The molecule has 182 valence electrons. The van der Waals surface area contributed by atoms with Gasteiger partial charge in [-0.1, -0.05) is 46.8 Å². The highest BCUT2D eigenvalue weighted by Gasteiger charge is 2.36. The van der Waals surface area contributed by atoms with Crippen molar-refractivity contribution in [3.8, 4) is 0 Å². The van der Waals surface area contributed by atoms with Crippen LogP contribution in [0.4, 0.5) is 13.2 Å². The lowest BCUT2D eigenvalue weighted by molar-refractivity contribution is -0.138. The third-order valence-corrected chi connectivity index (χ3v) is 6.48. The number of halogens is 3. The highest BCUT2D eigenvalue weighted by molar-refractivity contribution is 5.68. The van der Waals surface area contributed by atoms with Crippen molar-refractivity contribution in [2.75, 3.05) is 0 Å². The van der Waals surface area contributed by atoms with Crippen molar-refractivity contribution in [3.63, 3.8) is 0 Å². The van der Waals surface area contributed by atoms with Crippen molar-refractivity contribution >= 4 is 5.97 Å². The monoisotopic (exact) mass is 464 g/mol. The summed E-state index contributed by atoms with van der Waals surface area (Å²) >= 11 is 0. The first-order valence-corrected chi connectivity index (χ1v) is 11.8. The van der Waals surface area contributed by atoms with Gasteiger partial charge in [-0.15, -0.1) is 0 Å². The van der Waals surface area contributed by atoms with E-state index in [0.717, 1.165) is 66.8 Å². The molecule has 2 unspecified atom stereocenters. The molecule has 0 bridgehead atoms. The van der Waals surface area contributed by atoms with Crippen LogP contribution in [0.5, 0.6) is 0 Å². The van der Waals surface area contributed by atoms with Crippen LogP contribution in [-0.4, -0.2) is 20.9 Å². The molecular weight excluding hydrogens is 429 g/mol. The van der Waals surface area contributed by atoms with Gasteiger partial charge in [-0.2, -0.15) is 18.3 Å². The highest BCUT2D eigenvalue weighted by atomic mass is 19.4. The predicted octanol–water partition coefficient (Wildman–Crippen LogP) is 7.12. The summed E-state index contributed by atoms with van der Waals surface area (Å²) in [4.78, 5) is 11.6. The molecule has 0 radical (unpaired) electrons. The van der Waals surface area contributed by atoms with E-state index in [-0.39, 0.29) is 23.8 Å². The Balaban J connectivity index is 2.17. The zero-order chi connectivity index (χ0) is 24.6. The molecule has 0 saturated heterocycles. The summed E-state index contributed by atoms with van der Waals surface area (Å²) in [5.41, 5.74) is 2.94. The maximum Gasteiger partial charge on any atom is 0.416 e. The Labute approximate surface area is 194 Å². The quantitative estimate of drug-likeness (QED) is 0.475. The zero-order valence-corrected chi connectivity index (χ0v) is 20.2. The number of carbonyl (C=O) groups is 1. The minimum Gasteiger partial charge on any atom is -0.481 e. The van der Waals surface area contributed by atoms with Crippen molar-refractivity contribution in [3.05, 3.63) is 52.3 Å². The molecule has 2 atom stereocenters. The fraction of sp³-hybridized carbons (Fsp3) is 0.615. The lowest BCUT2D eigenvalue weighted by Crippen LogP contribution is -2.22. The number of fused-ring (bicyclic) bond motifs is 1. The Bertz CT molecular complexity index is 969. The van der Waals surface area contributed by atoms with Gasteiger partial charge in [0.05, 0.1) is 23.7 Å². The Hall–Kier alpha value is -2.31. The molecule has 4 nitrogen and oxygen atoms in total. The van der Waals surface area contributed by atoms with Crippen molar-refractivity contribution < 1.29 is 23.1 Å². The third kappa shape index (κ3) is 5.79. The van der Waals surface area contributed by atoms with Gasteiger partial charge in [-0.25, -0.2) is 0 Å². The van der Waals surface area contributed by atoms with Gasteiger partial charge in [0.25, 0.3) is 0 Å². The average molecular weight is 465 g/mol. The number of benzene rings is 1. The molecule has 3 rings (SSSR count). The molecular formula is C26H35F3N2O2. The number of aromatic nitrogens is 2. The molecule has 0 aliphatic heterocycles. The van der Waals surface area contributed by atoms with E-state index in [1.54, 1.807) is 12.1 Å². The third-order valence-electron chi connectivity index (χ3n) is 6.48. The van der Waals surface area contributed by atoms with Crippen LogP contribution < -0.4 is 0 Å². The zero-order valence-electron chi connectivity index (χ0n) is 20.2. The summed E-state index contributed by atoms with van der Waals surface area (Å²) in [6.07, 6.45) is -0.207. The second-order valence-electron chi connectivity index (χ2n) is 10.7. The number of hydrogen-bond donors (Lipinski definition) is 1. The summed E-state index contributed by atoms with van der Waals surface area (Å²) in [6, 6.07) is 5.12. The van der Waals surface area contributed by atoms with Crippen molar-refractivity contribution in [2.45, 2.75) is 96.7 Å². The number of hydrogen-bond acceptors (Lipinski definition) is 2. The molecule has 0 amide bonds. The van der Waals surface area contributed by atoms with Crippen LogP contribution in [0, 0.1) is 5.92 Å². The molecule has 1 aliphatic rings. The number of carboxylic acid groups (broad SMARTS) is 1. The molecule has 1 aromatic heterocycles. The van der Waals surface area contributed by atoms with Gasteiger partial charge in [-0.05, 0) is 61.3 Å². The topological polar surface area (TPSA) is 55.1 Å². The molecule has 1 aromatic carbocycles. The van der Waals surface area contributed by atoms with Gasteiger partial charge in [0.2, 0.25) is 0 Å². The summed E-state index contributed by atoms with van der Waals surface area (Å²) in [5, 5.41) is 14.6. The van der Waals surface area contributed by atoms with Gasteiger partial charge in [0.1, 0.15) is 0 Å². The SMILES string of the molecule is CC(C)CCC(c1ccc(C(F)(F)F)cc1)n1nc(C(C)(C)C)c2c1C(CC(=O)O)CCC2. The van der Waals surface area contributed by atoms with Crippen LogP contribution in [0.15, 0.2) is 24.3 Å². The lowest BCUT2D eigenvalue weighted by Gasteiger charge is -2.28. The van der Waals surface area contributed by atoms with E-state index in [0.29, 0.717) is 5.92 Å². The van der Waals surface area contributed by atoms with Crippen LogP contribution in [0.3, 0.4) is 0 Å². The standard InChI is InChI=1S/C26H35F3N2O2/c1-16(2)9-14-21(17-10-12-19(13-11-17)26(27,28)29)31-23-18(15-22(32)33)7-6-8-20(23)24(30-31)25(3,4)5/h10-13,16,18,21H,6-9,14-15H2,1-5H3,(H,32,33). The maximum absolute atomic E-state index is 13.2. The Morgan fingerprint density at radius 1 is 1.15 bits per heavy atom. The first kappa shape index (κ1) is 25.3. The van der Waals surface area contributed by atoms with E-state index in [2.05, 4.69) is 34.6 Å². The van der Waals surface area contributed by atoms with Crippen LogP contribution in [0.25, 0.3) is 0 Å². The lowest BCUT2D eigenvalue weighted by atomic mass is 9.79. The Kier molecular flexibility index (Phi) is 7.30. The highest BCUT2D eigenvalue weighted by Crippen LogP contribution is 2.42. The minimum absolute atomic E-state index is 0.0339. The van der Waals surface area contributed by atoms with Crippen LogP contribution >= 0.6 is 0 Å². The minimum atomic E-state index is -4.39. The van der Waals surface area contributed by atoms with Gasteiger partial charge in [-0.3, -0.25) is 9.48 Å². The first-order valence-electron chi connectivity index (χ1n) is 11.8. The number of aliphatic carboxylic acids is 1. The van der Waals surface area contributed by atoms with Gasteiger partial charge < -0.3 is 5.11 Å². The van der Waals surface area contributed by atoms with E-state index in [1.165, 1.54) is 0 Å². The molecule has 0 saturated carbocycles. The summed E-state index contributed by atoms with van der Waals surface area (Å²) < 4.78 is 41.4. The van der Waals surface area contributed by atoms with Crippen molar-refractivity contribution in [2.24, 2.45) is 5.92 Å². The smallest absolute Gasteiger partial charge is 0.416 e. The molecule has 7 heteroatoms. The molecule has 1 heterocycles. The van der Waals surface area contributed by atoms with E-state index >= 15 is 0 Å². The molecule has 2 aromatic rings.